The van der Waals surface area contributed by atoms with Crippen molar-refractivity contribution in [3.8, 4) is 0 Å². The van der Waals surface area contributed by atoms with Gasteiger partial charge in [-0.05, 0) is 43.5 Å². The number of amides is 1. The largest absolute Gasteiger partial charge is 0.352 e. The van der Waals surface area contributed by atoms with Crippen molar-refractivity contribution >= 4 is 12.0 Å². The summed E-state index contributed by atoms with van der Waals surface area (Å²) in [5.41, 5.74) is 3.03. The maximum Gasteiger partial charge on any atom is 0.251 e. The fraction of sp³-hybridized carbons (Fsp3) is 0.308. The minimum atomic E-state index is -0.226. The van der Waals surface area contributed by atoms with Gasteiger partial charge in [0, 0.05) is 12.1 Å². The first-order chi connectivity index (χ1) is 7.63. The molecule has 0 saturated heterocycles. The van der Waals surface area contributed by atoms with Crippen LogP contribution in [0.15, 0.2) is 17.7 Å². The predicted octanol–water partition coefficient (Wildman–Crippen LogP) is 2.53. The molecule has 0 unspecified atom stereocenters. The summed E-state index contributed by atoms with van der Waals surface area (Å²) in [4.78, 5) is 11.8. The van der Waals surface area contributed by atoms with Gasteiger partial charge >= 0.3 is 0 Å². The normalized spacial score (nSPS) is 13.3. The molecule has 16 heavy (non-hydrogen) atoms. The van der Waals surface area contributed by atoms with E-state index in [4.69, 9.17) is 0 Å². The monoisotopic (exact) mass is 219 g/mol. The number of nitrogens with one attached hydrogen (secondary N) is 1. The summed E-state index contributed by atoms with van der Waals surface area (Å²) in [5, 5.41) is 2.74. The molecule has 0 aromatic heterocycles. The fourth-order valence-electron chi connectivity index (χ4n) is 2.01. The molecule has 1 amide bonds. The van der Waals surface area contributed by atoms with E-state index in [-0.39, 0.29) is 11.7 Å². The third kappa shape index (κ3) is 1.73. The van der Waals surface area contributed by atoms with Crippen LogP contribution in [0, 0.1) is 5.82 Å². The van der Waals surface area contributed by atoms with Crippen LogP contribution in [0.3, 0.4) is 0 Å². The Morgan fingerprint density at radius 3 is 2.94 bits per heavy atom. The van der Waals surface area contributed by atoms with Gasteiger partial charge < -0.3 is 5.32 Å². The number of halogens is 1. The van der Waals surface area contributed by atoms with Crippen LogP contribution in [0.25, 0.3) is 6.08 Å². The molecule has 2 nitrogen and oxygen atoms in total. The van der Waals surface area contributed by atoms with Gasteiger partial charge in [-0.15, -0.1) is 0 Å². The molecule has 1 aliphatic carbocycles. The lowest BCUT2D eigenvalue weighted by Gasteiger charge is -2.08. The highest BCUT2D eigenvalue weighted by Crippen LogP contribution is 2.29. The molecule has 1 N–H and O–H groups in total. The second-order valence-corrected chi connectivity index (χ2v) is 4.01. The van der Waals surface area contributed by atoms with E-state index < -0.39 is 0 Å². The van der Waals surface area contributed by atoms with Crippen LogP contribution in [-0.2, 0) is 6.42 Å². The maximum absolute atomic E-state index is 13.5. The molecule has 0 bridgehead atoms. The molecule has 1 aromatic rings. The minimum absolute atomic E-state index is 0.135. The molecule has 84 valence electrons. The Labute approximate surface area is 94.2 Å². The minimum Gasteiger partial charge on any atom is -0.352 e. The quantitative estimate of drug-likeness (QED) is 0.813. The molecule has 0 heterocycles. The highest BCUT2D eigenvalue weighted by atomic mass is 19.1. The van der Waals surface area contributed by atoms with E-state index >= 15 is 0 Å². The Hall–Kier alpha value is -1.64. The van der Waals surface area contributed by atoms with Gasteiger partial charge in [-0.1, -0.05) is 11.6 Å². The highest BCUT2D eigenvalue weighted by Gasteiger charge is 2.20. The van der Waals surface area contributed by atoms with Crippen LogP contribution in [0.5, 0.6) is 0 Å². The molecule has 0 atom stereocenters. The third-order valence-corrected chi connectivity index (χ3v) is 2.73. The van der Waals surface area contributed by atoms with E-state index in [1.807, 2.05) is 19.9 Å². The molecule has 2 rings (SSSR count). The van der Waals surface area contributed by atoms with Crippen LogP contribution in [-0.4, -0.2) is 12.5 Å². The van der Waals surface area contributed by atoms with Crippen molar-refractivity contribution in [2.24, 2.45) is 0 Å². The first-order valence-electron chi connectivity index (χ1n) is 5.40. The van der Waals surface area contributed by atoms with Gasteiger partial charge in [0.2, 0.25) is 0 Å². The summed E-state index contributed by atoms with van der Waals surface area (Å²) in [5.74, 6) is -0.360. The van der Waals surface area contributed by atoms with Crippen LogP contribution >= 0.6 is 0 Å². The first kappa shape index (κ1) is 10.9. The SMILES string of the molecule is CCNC(=O)c1ccc(F)c2c1C=C(C)C2. The summed E-state index contributed by atoms with van der Waals surface area (Å²) in [6.45, 7) is 4.39. The summed E-state index contributed by atoms with van der Waals surface area (Å²) < 4.78 is 13.5. The maximum atomic E-state index is 13.5. The van der Waals surface area contributed by atoms with E-state index in [0.717, 1.165) is 11.1 Å². The molecule has 0 fully saturated rings. The topological polar surface area (TPSA) is 29.1 Å². The first-order valence-corrected chi connectivity index (χ1v) is 5.40. The molecule has 0 saturated carbocycles. The van der Waals surface area contributed by atoms with Crippen LogP contribution < -0.4 is 5.32 Å². The lowest BCUT2D eigenvalue weighted by atomic mass is 10.0. The van der Waals surface area contributed by atoms with Gasteiger partial charge in [-0.3, -0.25) is 4.79 Å². The van der Waals surface area contributed by atoms with E-state index in [0.29, 0.717) is 24.1 Å². The number of fused-ring (bicyclic) bond motifs is 1. The Kier molecular flexibility index (Phi) is 2.77. The molecule has 3 heteroatoms. The van der Waals surface area contributed by atoms with E-state index in [2.05, 4.69) is 5.32 Å². The van der Waals surface area contributed by atoms with Crippen molar-refractivity contribution in [1.29, 1.82) is 0 Å². The standard InChI is InChI=1S/C13H14FNO/c1-3-15-13(16)9-4-5-12(14)11-7-8(2)6-10(9)11/h4-6H,3,7H2,1-2H3,(H,15,16). The molecular weight excluding hydrogens is 205 g/mol. The van der Waals surface area contributed by atoms with E-state index in [1.165, 1.54) is 6.07 Å². The van der Waals surface area contributed by atoms with Crippen molar-refractivity contribution in [3.63, 3.8) is 0 Å². The van der Waals surface area contributed by atoms with Gasteiger partial charge in [0.05, 0.1) is 0 Å². The van der Waals surface area contributed by atoms with Gasteiger partial charge in [0.25, 0.3) is 5.91 Å². The second kappa shape index (κ2) is 4.08. The zero-order chi connectivity index (χ0) is 11.7. The number of benzene rings is 1. The van der Waals surface area contributed by atoms with E-state index in [1.54, 1.807) is 6.07 Å². The third-order valence-electron chi connectivity index (χ3n) is 2.73. The van der Waals surface area contributed by atoms with Crippen molar-refractivity contribution in [2.45, 2.75) is 20.3 Å². The average molecular weight is 219 g/mol. The molecular formula is C13H14FNO. The summed E-state index contributed by atoms with van der Waals surface area (Å²) in [7, 11) is 0. The summed E-state index contributed by atoms with van der Waals surface area (Å²) in [6.07, 6.45) is 2.50. The van der Waals surface area contributed by atoms with E-state index in [9.17, 15) is 9.18 Å². The molecule has 1 aromatic carbocycles. The number of rotatable bonds is 2. The lowest BCUT2D eigenvalue weighted by molar-refractivity contribution is 0.0955. The summed E-state index contributed by atoms with van der Waals surface area (Å²) >= 11 is 0. The number of hydrogen-bond donors (Lipinski definition) is 1. The number of carbonyl (C=O) groups excluding carboxylic acids is 1. The van der Waals surface area contributed by atoms with Gasteiger partial charge in [0.15, 0.2) is 0 Å². The van der Waals surface area contributed by atoms with Gasteiger partial charge in [-0.25, -0.2) is 4.39 Å². The second-order valence-electron chi connectivity index (χ2n) is 4.01. The van der Waals surface area contributed by atoms with Gasteiger partial charge in [-0.2, -0.15) is 0 Å². The Morgan fingerprint density at radius 2 is 2.25 bits per heavy atom. The lowest BCUT2D eigenvalue weighted by Crippen LogP contribution is -2.23. The number of hydrogen-bond acceptors (Lipinski definition) is 1. The Balaban J connectivity index is 2.48. The van der Waals surface area contributed by atoms with Crippen LogP contribution in [0.2, 0.25) is 0 Å². The van der Waals surface area contributed by atoms with Crippen molar-refractivity contribution in [1.82, 2.24) is 5.32 Å². The van der Waals surface area contributed by atoms with Crippen LogP contribution in [0.1, 0.15) is 35.3 Å². The predicted molar refractivity (Wildman–Crippen MR) is 61.8 cm³/mol. The summed E-state index contributed by atoms with van der Waals surface area (Å²) in [6, 6.07) is 2.92. The highest BCUT2D eigenvalue weighted by molar-refractivity contribution is 5.99. The molecule has 0 aliphatic heterocycles. The zero-order valence-corrected chi connectivity index (χ0v) is 9.43. The van der Waals surface area contributed by atoms with Crippen LogP contribution in [0.4, 0.5) is 4.39 Å². The number of carbonyl (C=O) groups is 1. The Morgan fingerprint density at radius 1 is 1.50 bits per heavy atom. The van der Waals surface area contributed by atoms with Crippen molar-refractivity contribution in [2.75, 3.05) is 6.54 Å². The smallest absolute Gasteiger partial charge is 0.251 e. The zero-order valence-electron chi connectivity index (χ0n) is 9.43. The van der Waals surface area contributed by atoms with Crippen molar-refractivity contribution in [3.05, 3.63) is 40.2 Å². The van der Waals surface area contributed by atoms with Crippen molar-refractivity contribution < 1.29 is 9.18 Å². The van der Waals surface area contributed by atoms with Gasteiger partial charge in [0.1, 0.15) is 5.82 Å². The fourth-order valence-corrected chi connectivity index (χ4v) is 2.01. The Bertz CT molecular complexity index is 477. The average Bonchev–Trinajstić information content (AvgIpc) is 2.61. The molecule has 0 spiro atoms. The number of allylic oxidation sites excluding steroid dienone is 1. The molecule has 1 aliphatic rings. The molecule has 0 radical (unpaired) electrons.